The molecule has 1 aromatic heterocycles. The molecular weight excluding hydrogens is 524 g/mol. The van der Waals surface area contributed by atoms with Crippen molar-refractivity contribution in [2.75, 3.05) is 6.61 Å². The first-order chi connectivity index (χ1) is 17.8. The van der Waals surface area contributed by atoms with E-state index in [1.54, 1.807) is 12.4 Å². The van der Waals surface area contributed by atoms with Crippen LogP contribution in [0.25, 0.3) is 11.4 Å². The number of aryl methyl sites for hydroxylation is 1. The van der Waals surface area contributed by atoms with Gasteiger partial charge in [0.15, 0.2) is 5.82 Å². The quantitative estimate of drug-likeness (QED) is 0.144. The fourth-order valence-electron chi connectivity index (χ4n) is 3.43. The number of ether oxygens (including phenoxy) is 2. The third-order valence-electron chi connectivity index (χ3n) is 5.79. The summed E-state index contributed by atoms with van der Waals surface area (Å²) < 4.78 is 119. The lowest BCUT2D eigenvalue weighted by Crippen LogP contribution is -2.64. The van der Waals surface area contributed by atoms with E-state index in [0.717, 1.165) is 55.5 Å². The highest BCUT2D eigenvalue weighted by Gasteiger charge is 2.83. The maximum atomic E-state index is 14.1. The van der Waals surface area contributed by atoms with Gasteiger partial charge in [0.25, 0.3) is 0 Å². The number of unbranched alkanes of at least 4 members (excludes halogenated alkanes) is 6. The summed E-state index contributed by atoms with van der Waals surface area (Å²) in [4.78, 5) is 8.39. The van der Waals surface area contributed by atoms with Gasteiger partial charge >= 0.3 is 24.1 Å². The molecule has 0 aliphatic rings. The highest BCUT2D eigenvalue weighted by molar-refractivity contribution is 5.56. The van der Waals surface area contributed by atoms with Gasteiger partial charge in [0, 0.05) is 18.0 Å². The lowest BCUT2D eigenvalue weighted by Gasteiger charge is -2.35. The Labute approximate surface area is 216 Å². The van der Waals surface area contributed by atoms with Crippen LogP contribution in [0.4, 0.5) is 35.1 Å². The summed E-state index contributed by atoms with van der Waals surface area (Å²) in [6.07, 6.45) is -1.01. The number of alkyl halides is 8. The average molecular weight is 557 g/mol. The van der Waals surface area contributed by atoms with Crippen molar-refractivity contribution in [1.29, 1.82) is 0 Å². The molecule has 38 heavy (non-hydrogen) atoms. The van der Waals surface area contributed by atoms with Crippen LogP contribution in [-0.2, 0) is 11.2 Å². The van der Waals surface area contributed by atoms with Crippen LogP contribution >= 0.6 is 0 Å². The van der Waals surface area contributed by atoms with Gasteiger partial charge in [-0.15, -0.1) is 0 Å². The van der Waals surface area contributed by atoms with Gasteiger partial charge in [-0.3, -0.25) is 0 Å². The Balaban J connectivity index is 2.04. The monoisotopic (exact) mass is 556 g/mol. The molecule has 12 heteroatoms. The lowest BCUT2D eigenvalue weighted by molar-refractivity contribution is -0.450. The molecule has 0 unspecified atom stereocenters. The molecule has 0 spiro atoms. The van der Waals surface area contributed by atoms with E-state index in [4.69, 9.17) is 0 Å². The predicted octanol–water partition coefficient (Wildman–Crippen LogP) is 8.70. The van der Waals surface area contributed by atoms with Crippen LogP contribution in [0.1, 0.15) is 70.8 Å². The standard InChI is InChI=1S/C26H32F8N2O2/c1-3-5-7-8-9-10-11-19-17-35-22(36-18-19)20-12-14-21(15-13-20)38-26(33,34)24(29,30)23(27,28)25(31,32)37-16-6-4-2/h12-15,17-18H,3-11,16H2,1-2H3. The number of halogens is 8. The minimum absolute atomic E-state index is 0.165. The van der Waals surface area contributed by atoms with Gasteiger partial charge in [-0.05, 0) is 49.1 Å². The summed E-state index contributed by atoms with van der Waals surface area (Å²) in [5.41, 5.74) is 1.21. The first kappa shape index (κ1) is 31.7. The number of rotatable bonds is 17. The third-order valence-corrected chi connectivity index (χ3v) is 5.79. The van der Waals surface area contributed by atoms with Crippen LogP contribution in [0.2, 0.25) is 0 Å². The molecule has 1 heterocycles. The lowest BCUT2D eigenvalue weighted by atomic mass is 10.1. The molecule has 2 rings (SSSR count). The fraction of sp³-hybridized carbons (Fsp3) is 0.615. The van der Waals surface area contributed by atoms with Crippen molar-refractivity contribution in [1.82, 2.24) is 9.97 Å². The number of hydrogen-bond donors (Lipinski definition) is 0. The zero-order valence-electron chi connectivity index (χ0n) is 21.3. The first-order valence-corrected chi connectivity index (χ1v) is 12.5. The van der Waals surface area contributed by atoms with Gasteiger partial charge < -0.3 is 9.47 Å². The van der Waals surface area contributed by atoms with Gasteiger partial charge in [0.2, 0.25) is 0 Å². The van der Waals surface area contributed by atoms with Crippen molar-refractivity contribution >= 4 is 0 Å². The minimum Gasteiger partial charge on any atom is -0.428 e. The molecule has 0 N–H and O–H groups in total. The Morgan fingerprint density at radius 1 is 0.658 bits per heavy atom. The highest BCUT2D eigenvalue weighted by Crippen LogP contribution is 2.53. The molecule has 0 saturated heterocycles. The van der Waals surface area contributed by atoms with Crippen molar-refractivity contribution < 1.29 is 44.6 Å². The van der Waals surface area contributed by atoms with E-state index < -0.39 is 36.4 Å². The fourth-order valence-corrected chi connectivity index (χ4v) is 3.43. The molecule has 0 atom stereocenters. The number of aromatic nitrogens is 2. The molecule has 0 radical (unpaired) electrons. The van der Waals surface area contributed by atoms with Crippen molar-refractivity contribution in [2.45, 2.75) is 95.7 Å². The zero-order valence-corrected chi connectivity index (χ0v) is 21.3. The molecule has 2 aromatic rings. The summed E-state index contributed by atoms with van der Waals surface area (Å²) >= 11 is 0. The van der Waals surface area contributed by atoms with Crippen LogP contribution in [-0.4, -0.2) is 40.6 Å². The van der Waals surface area contributed by atoms with Crippen molar-refractivity contribution in [3.63, 3.8) is 0 Å². The van der Waals surface area contributed by atoms with Gasteiger partial charge in [-0.1, -0.05) is 52.4 Å². The molecule has 214 valence electrons. The Hall–Kier alpha value is -2.50. The van der Waals surface area contributed by atoms with E-state index in [1.807, 2.05) is 0 Å². The topological polar surface area (TPSA) is 44.2 Å². The Kier molecular flexibility index (Phi) is 11.3. The Morgan fingerprint density at radius 3 is 1.76 bits per heavy atom. The van der Waals surface area contributed by atoms with E-state index in [2.05, 4.69) is 26.4 Å². The van der Waals surface area contributed by atoms with E-state index >= 15 is 0 Å². The van der Waals surface area contributed by atoms with Crippen molar-refractivity contribution in [3.05, 3.63) is 42.2 Å². The summed E-state index contributed by atoms with van der Waals surface area (Å²) in [6, 6.07) is 3.88. The van der Waals surface area contributed by atoms with Gasteiger partial charge in [-0.2, -0.15) is 35.1 Å². The molecule has 0 bridgehead atoms. The Morgan fingerprint density at radius 2 is 1.18 bits per heavy atom. The highest BCUT2D eigenvalue weighted by atomic mass is 19.4. The van der Waals surface area contributed by atoms with E-state index in [1.165, 1.54) is 26.2 Å². The van der Waals surface area contributed by atoms with E-state index in [9.17, 15) is 35.1 Å². The van der Waals surface area contributed by atoms with Crippen LogP contribution in [0.3, 0.4) is 0 Å². The van der Waals surface area contributed by atoms with Crippen LogP contribution in [0.15, 0.2) is 36.7 Å². The largest absolute Gasteiger partial charge is 0.471 e. The van der Waals surface area contributed by atoms with Gasteiger partial charge in [-0.25, -0.2) is 9.97 Å². The van der Waals surface area contributed by atoms with Gasteiger partial charge in [0.1, 0.15) is 5.75 Å². The molecule has 0 aliphatic heterocycles. The van der Waals surface area contributed by atoms with Crippen LogP contribution in [0, 0.1) is 0 Å². The second kappa shape index (κ2) is 13.5. The van der Waals surface area contributed by atoms with Crippen LogP contribution in [0.5, 0.6) is 5.75 Å². The summed E-state index contributed by atoms with van der Waals surface area (Å²) in [6.45, 7) is 2.62. The normalized spacial score (nSPS) is 13.1. The molecule has 0 saturated carbocycles. The molecule has 4 nitrogen and oxygen atoms in total. The average Bonchev–Trinajstić information content (AvgIpc) is 2.86. The smallest absolute Gasteiger partial charge is 0.428 e. The number of benzene rings is 1. The molecule has 0 amide bonds. The van der Waals surface area contributed by atoms with Crippen molar-refractivity contribution in [3.8, 4) is 17.1 Å². The maximum absolute atomic E-state index is 14.1. The summed E-state index contributed by atoms with van der Waals surface area (Å²) in [5.74, 6) is -13.9. The molecular formula is C26H32F8N2O2. The second-order valence-electron chi connectivity index (χ2n) is 8.94. The van der Waals surface area contributed by atoms with Gasteiger partial charge in [0.05, 0.1) is 6.61 Å². The third kappa shape index (κ3) is 7.77. The van der Waals surface area contributed by atoms with E-state index in [0.29, 0.717) is 5.56 Å². The Bertz CT molecular complexity index is 970. The van der Waals surface area contributed by atoms with Crippen molar-refractivity contribution in [2.24, 2.45) is 0 Å². The van der Waals surface area contributed by atoms with E-state index in [-0.39, 0.29) is 18.7 Å². The molecule has 1 aromatic carbocycles. The summed E-state index contributed by atoms with van der Waals surface area (Å²) in [7, 11) is 0. The maximum Gasteiger partial charge on any atom is 0.471 e. The molecule has 0 fully saturated rings. The zero-order chi connectivity index (χ0) is 28.5. The minimum atomic E-state index is -6.61. The SMILES string of the molecule is CCCCCCCCc1cnc(-c2ccc(OC(F)(F)C(F)(F)C(F)(F)C(F)(F)OCCCC)cc2)nc1. The number of hydrogen-bond acceptors (Lipinski definition) is 4. The summed E-state index contributed by atoms with van der Waals surface area (Å²) in [5, 5.41) is 0. The number of nitrogens with zero attached hydrogens (tertiary/aromatic N) is 2. The first-order valence-electron chi connectivity index (χ1n) is 12.5. The van der Waals surface area contributed by atoms with Crippen LogP contribution < -0.4 is 4.74 Å². The predicted molar refractivity (Wildman–Crippen MR) is 126 cm³/mol. The second-order valence-corrected chi connectivity index (χ2v) is 8.94. The molecule has 0 aliphatic carbocycles.